The van der Waals surface area contributed by atoms with Crippen LogP contribution < -0.4 is 0 Å². The van der Waals surface area contributed by atoms with Gasteiger partial charge in [-0.05, 0) is 18.2 Å². The molecule has 1 amide bonds. The lowest BCUT2D eigenvalue weighted by Gasteiger charge is -2.17. The van der Waals surface area contributed by atoms with Gasteiger partial charge in [-0.3, -0.25) is 4.79 Å². The number of nitriles is 2. The van der Waals surface area contributed by atoms with Crippen molar-refractivity contribution in [3.63, 3.8) is 0 Å². The second kappa shape index (κ2) is 6.02. The van der Waals surface area contributed by atoms with Gasteiger partial charge < -0.3 is 4.90 Å². The van der Waals surface area contributed by atoms with Crippen LogP contribution in [0.2, 0.25) is 0 Å². The summed E-state index contributed by atoms with van der Waals surface area (Å²) in [5, 5.41) is 17.0. The molecule has 1 aromatic rings. The molecule has 104 valence electrons. The molecule has 0 aliphatic heterocycles. The summed E-state index contributed by atoms with van der Waals surface area (Å²) < 4.78 is 50.6. The first-order valence-electron chi connectivity index (χ1n) is 5.21. The molecule has 0 bridgehead atoms. The zero-order chi connectivity index (χ0) is 15.3. The lowest BCUT2D eigenvalue weighted by Crippen LogP contribution is -2.32. The highest BCUT2D eigenvalue weighted by molar-refractivity contribution is 5.94. The first-order chi connectivity index (χ1) is 9.31. The van der Waals surface area contributed by atoms with Gasteiger partial charge in [-0.2, -0.15) is 23.7 Å². The number of halogens is 4. The molecule has 0 fully saturated rings. The average molecular weight is 285 g/mol. The van der Waals surface area contributed by atoms with Gasteiger partial charge in [0.15, 0.2) is 0 Å². The molecule has 0 atom stereocenters. The van der Waals surface area contributed by atoms with E-state index in [2.05, 4.69) is 0 Å². The standard InChI is InChI=1S/C12H7F4N3O/c13-10-2-1-8(7-9(10)12(14,15)16)11(20)19(5-3-17)6-4-18/h1-2,7H,5-6H2. The third kappa shape index (κ3) is 3.45. The van der Waals surface area contributed by atoms with Gasteiger partial charge >= 0.3 is 6.18 Å². The first-order valence-corrected chi connectivity index (χ1v) is 5.21. The lowest BCUT2D eigenvalue weighted by molar-refractivity contribution is -0.140. The molecule has 0 radical (unpaired) electrons. The van der Waals surface area contributed by atoms with Crippen molar-refractivity contribution in [1.82, 2.24) is 4.90 Å². The van der Waals surface area contributed by atoms with Crippen molar-refractivity contribution >= 4 is 5.91 Å². The number of amides is 1. The van der Waals surface area contributed by atoms with Gasteiger partial charge in [0.25, 0.3) is 5.91 Å². The van der Waals surface area contributed by atoms with Crippen molar-refractivity contribution in [1.29, 1.82) is 10.5 Å². The van der Waals surface area contributed by atoms with Gasteiger partial charge in [0.2, 0.25) is 0 Å². The number of nitrogens with zero attached hydrogens (tertiary/aromatic N) is 3. The molecule has 0 heterocycles. The molecule has 0 saturated carbocycles. The van der Waals surface area contributed by atoms with Crippen molar-refractivity contribution in [2.24, 2.45) is 0 Å². The van der Waals surface area contributed by atoms with E-state index in [1.807, 2.05) is 0 Å². The minimum atomic E-state index is -4.93. The Morgan fingerprint density at radius 1 is 1.20 bits per heavy atom. The Kier molecular flexibility index (Phi) is 4.65. The molecule has 0 N–H and O–H groups in total. The summed E-state index contributed by atoms with van der Waals surface area (Å²) >= 11 is 0. The number of carbonyl (C=O) groups excluding carboxylic acids is 1. The summed E-state index contributed by atoms with van der Waals surface area (Å²) in [6, 6.07) is 4.99. The maximum atomic E-state index is 13.1. The van der Waals surface area contributed by atoms with Gasteiger partial charge in [-0.1, -0.05) is 0 Å². The normalized spacial score (nSPS) is 10.5. The van der Waals surface area contributed by atoms with E-state index >= 15 is 0 Å². The fraction of sp³-hybridized carbons (Fsp3) is 0.250. The number of hydrogen-bond acceptors (Lipinski definition) is 3. The zero-order valence-electron chi connectivity index (χ0n) is 9.91. The van der Waals surface area contributed by atoms with Gasteiger partial charge in [0, 0.05) is 5.56 Å². The van der Waals surface area contributed by atoms with E-state index in [1.54, 1.807) is 12.1 Å². The lowest BCUT2D eigenvalue weighted by atomic mass is 10.1. The topological polar surface area (TPSA) is 67.9 Å². The average Bonchev–Trinajstić information content (AvgIpc) is 2.37. The largest absolute Gasteiger partial charge is 0.419 e. The van der Waals surface area contributed by atoms with Crippen LogP contribution in [0.5, 0.6) is 0 Å². The van der Waals surface area contributed by atoms with Gasteiger partial charge in [-0.25, -0.2) is 4.39 Å². The van der Waals surface area contributed by atoms with E-state index in [-0.39, 0.29) is 0 Å². The quantitative estimate of drug-likeness (QED) is 0.632. The Morgan fingerprint density at radius 2 is 1.75 bits per heavy atom. The predicted octanol–water partition coefficient (Wildman–Crippen LogP) is 2.33. The van der Waals surface area contributed by atoms with Crippen LogP contribution in [0, 0.1) is 28.5 Å². The van der Waals surface area contributed by atoms with Crippen LogP contribution in [0.15, 0.2) is 18.2 Å². The second-order valence-electron chi connectivity index (χ2n) is 3.67. The molecule has 0 unspecified atom stereocenters. The van der Waals surface area contributed by atoms with Gasteiger partial charge in [0.05, 0.1) is 17.7 Å². The Hall–Kier alpha value is -2.61. The Balaban J connectivity index is 3.18. The highest BCUT2D eigenvalue weighted by Crippen LogP contribution is 2.32. The summed E-state index contributed by atoms with van der Waals surface area (Å²) in [5.74, 6) is -2.44. The Morgan fingerprint density at radius 3 is 2.20 bits per heavy atom. The summed E-state index contributed by atoms with van der Waals surface area (Å²) in [5.41, 5.74) is -2.01. The van der Waals surface area contributed by atoms with Crippen molar-refractivity contribution in [2.45, 2.75) is 6.18 Å². The van der Waals surface area contributed by atoms with Crippen LogP contribution in [-0.4, -0.2) is 23.9 Å². The Bertz CT molecular complexity index is 582. The fourth-order valence-electron chi connectivity index (χ4n) is 1.43. The number of carbonyl (C=O) groups is 1. The second-order valence-corrected chi connectivity index (χ2v) is 3.67. The van der Waals surface area contributed by atoms with Crippen LogP contribution in [0.1, 0.15) is 15.9 Å². The highest BCUT2D eigenvalue weighted by Gasteiger charge is 2.35. The van der Waals surface area contributed by atoms with E-state index in [1.165, 1.54) is 0 Å². The molecular weight excluding hydrogens is 278 g/mol. The van der Waals surface area contributed by atoms with Crippen molar-refractivity contribution in [3.05, 3.63) is 35.1 Å². The SMILES string of the molecule is N#CCN(CC#N)C(=O)c1ccc(F)c(C(F)(F)F)c1. The minimum Gasteiger partial charge on any atom is -0.312 e. The molecule has 0 aliphatic rings. The molecular formula is C12H7F4N3O. The smallest absolute Gasteiger partial charge is 0.312 e. The van der Waals surface area contributed by atoms with Crippen LogP contribution in [0.25, 0.3) is 0 Å². The minimum absolute atomic E-state index is 0.361. The highest BCUT2D eigenvalue weighted by atomic mass is 19.4. The monoisotopic (exact) mass is 285 g/mol. The van der Waals surface area contributed by atoms with E-state index < -0.39 is 42.1 Å². The molecule has 0 spiro atoms. The zero-order valence-corrected chi connectivity index (χ0v) is 9.91. The molecule has 20 heavy (non-hydrogen) atoms. The van der Waals surface area contributed by atoms with Crippen LogP contribution in [0.3, 0.4) is 0 Å². The number of benzene rings is 1. The number of hydrogen-bond donors (Lipinski definition) is 0. The van der Waals surface area contributed by atoms with Gasteiger partial charge in [-0.15, -0.1) is 0 Å². The van der Waals surface area contributed by atoms with Gasteiger partial charge in [0.1, 0.15) is 18.9 Å². The van der Waals surface area contributed by atoms with Crippen LogP contribution >= 0.6 is 0 Å². The summed E-state index contributed by atoms with van der Waals surface area (Å²) in [7, 11) is 0. The molecule has 8 heteroatoms. The Labute approximate surface area is 111 Å². The summed E-state index contributed by atoms with van der Waals surface area (Å²) in [4.78, 5) is 12.6. The predicted molar refractivity (Wildman–Crippen MR) is 58.5 cm³/mol. The number of alkyl halides is 3. The summed E-state index contributed by atoms with van der Waals surface area (Å²) in [6.45, 7) is -0.907. The molecule has 4 nitrogen and oxygen atoms in total. The van der Waals surface area contributed by atoms with Crippen LogP contribution in [-0.2, 0) is 6.18 Å². The van der Waals surface area contributed by atoms with E-state index in [0.29, 0.717) is 12.1 Å². The molecule has 0 aromatic heterocycles. The van der Waals surface area contributed by atoms with E-state index in [9.17, 15) is 22.4 Å². The van der Waals surface area contributed by atoms with E-state index in [0.717, 1.165) is 11.0 Å². The van der Waals surface area contributed by atoms with Crippen LogP contribution in [0.4, 0.5) is 17.6 Å². The molecule has 0 aliphatic carbocycles. The maximum Gasteiger partial charge on any atom is 0.419 e. The van der Waals surface area contributed by atoms with Crippen molar-refractivity contribution in [2.75, 3.05) is 13.1 Å². The van der Waals surface area contributed by atoms with E-state index in [4.69, 9.17) is 10.5 Å². The first kappa shape index (κ1) is 15.4. The summed E-state index contributed by atoms with van der Waals surface area (Å²) in [6.07, 6.45) is -4.93. The third-order valence-corrected chi connectivity index (χ3v) is 2.33. The third-order valence-electron chi connectivity index (χ3n) is 2.33. The molecule has 0 saturated heterocycles. The van der Waals surface area contributed by atoms with Crippen molar-refractivity contribution < 1.29 is 22.4 Å². The fourth-order valence-corrected chi connectivity index (χ4v) is 1.43. The maximum absolute atomic E-state index is 13.1. The molecule has 1 aromatic carbocycles. The molecule has 1 rings (SSSR count). The van der Waals surface area contributed by atoms with Crippen molar-refractivity contribution in [3.8, 4) is 12.1 Å². The number of rotatable bonds is 3.